The molecule has 1 aromatic rings. The number of nitrogens with one attached hydrogen (secondary N) is 2. The van der Waals surface area contributed by atoms with Crippen molar-refractivity contribution in [3.8, 4) is 0 Å². The van der Waals surface area contributed by atoms with Gasteiger partial charge in [-0.2, -0.15) is 0 Å². The Kier molecular flexibility index (Phi) is 9.88. The van der Waals surface area contributed by atoms with E-state index in [1.165, 1.54) is 49.8 Å². The summed E-state index contributed by atoms with van der Waals surface area (Å²) >= 11 is 0. The first-order valence-corrected chi connectivity index (χ1v) is 8.47. The predicted octanol–water partition coefficient (Wildman–Crippen LogP) is 3.37. The molecule has 1 aromatic heterocycles. The van der Waals surface area contributed by atoms with Crippen molar-refractivity contribution in [1.29, 1.82) is 0 Å². The average Bonchev–Trinajstić information content (AvgIpc) is 3.04. The Hall–Kier alpha value is -0.550. The molecule has 4 nitrogen and oxygen atoms in total. The molecule has 2 aliphatic rings. The lowest BCUT2D eigenvalue weighted by Crippen LogP contribution is -2.17. The van der Waals surface area contributed by atoms with E-state index in [1.54, 1.807) is 0 Å². The van der Waals surface area contributed by atoms with Crippen molar-refractivity contribution in [1.82, 2.24) is 10.3 Å². The van der Waals surface area contributed by atoms with E-state index in [4.69, 9.17) is 9.72 Å². The number of anilines is 1. The van der Waals surface area contributed by atoms with Gasteiger partial charge in [0, 0.05) is 25.4 Å². The standard InChI is InChI=1S/C17H27N3O.2ClH/c1(3-12-21-16-9-11-18-13-16)2-6-15-8-7-14-5-4-10-19-17(14)20-15;;/h7-8,16,18H,1-6,9-13H2,(H,19,20);2*1H/t16-;;/m1../s1. The summed E-state index contributed by atoms with van der Waals surface area (Å²) in [5.41, 5.74) is 2.60. The van der Waals surface area contributed by atoms with Crippen LogP contribution < -0.4 is 10.6 Å². The fraction of sp³-hybridized carbons (Fsp3) is 0.706. The van der Waals surface area contributed by atoms with Gasteiger partial charge in [-0.25, -0.2) is 4.98 Å². The summed E-state index contributed by atoms with van der Waals surface area (Å²) < 4.78 is 5.84. The number of hydrogen-bond donors (Lipinski definition) is 2. The quantitative estimate of drug-likeness (QED) is 0.730. The first kappa shape index (κ1) is 20.5. The molecule has 2 N–H and O–H groups in total. The van der Waals surface area contributed by atoms with Crippen molar-refractivity contribution in [2.45, 2.75) is 51.0 Å². The number of nitrogens with zero attached hydrogens (tertiary/aromatic N) is 1. The highest BCUT2D eigenvalue weighted by molar-refractivity contribution is 5.85. The SMILES string of the molecule is Cl.Cl.c1cc2c(nc1CCCCCO[C@@H]1CCNC1)NCCC2. The minimum Gasteiger partial charge on any atom is -0.377 e. The third kappa shape index (κ3) is 6.46. The van der Waals surface area contributed by atoms with E-state index in [0.29, 0.717) is 6.10 Å². The molecule has 0 amide bonds. The van der Waals surface area contributed by atoms with Crippen LogP contribution >= 0.6 is 24.8 Å². The fourth-order valence-corrected chi connectivity index (χ4v) is 3.11. The lowest BCUT2D eigenvalue weighted by atomic mass is 10.1. The van der Waals surface area contributed by atoms with Gasteiger partial charge in [0.15, 0.2) is 0 Å². The maximum atomic E-state index is 5.84. The second kappa shape index (κ2) is 11.1. The zero-order valence-electron chi connectivity index (χ0n) is 13.7. The molecular weight excluding hydrogens is 333 g/mol. The Morgan fingerprint density at radius 3 is 2.87 bits per heavy atom. The number of fused-ring (bicyclic) bond motifs is 1. The highest BCUT2D eigenvalue weighted by atomic mass is 35.5. The van der Waals surface area contributed by atoms with Crippen LogP contribution in [0.1, 0.15) is 43.4 Å². The molecule has 3 rings (SSSR count). The van der Waals surface area contributed by atoms with Crippen LogP contribution in [0.3, 0.4) is 0 Å². The molecule has 0 aliphatic carbocycles. The number of aryl methyl sites for hydroxylation is 2. The molecule has 3 heterocycles. The fourth-order valence-electron chi connectivity index (χ4n) is 3.11. The van der Waals surface area contributed by atoms with E-state index < -0.39 is 0 Å². The molecule has 0 aromatic carbocycles. The zero-order chi connectivity index (χ0) is 14.3. The molecule has 6 heteroatoms. The Bertz CT molecular complexity index is 453. The van der Waals surface area contributed by atoms with E-state index in [1.807, 2.05) is 0 Å². The summed E-state index contributed by atoms with van der Waals surface area (Å²) in [4.78, 5) is 4.74. The van der Waals surface area contributed by atoms with Gasteiger partial charge < -0.3 is 15.4 Å². The molecule has 1 atom stereocenters. The Morgan fingerprint density at radius 2 is 2.04 bits per heavy atom. The molecular formula is C17H29Cl2N3O. The van der Waals surface area contributed by atoms with Crippen molar-refractivity contribution in [2.75, 3.05) is 31.6 Å². The second-order valence-corrected chi connectivity index (χ2v) is 6.14. The molecule has 1 fully saturated rings. The average molecular weight is 362 g/mol. The van der Waals surface area contributed by atoms with Crippen molar-refractivity contribution < 1.29 is 4.74 Å². The molecule has 0 saturated carbocycles. The summed E-state index contributed by atoms with van der Waals surface area (Å²) in [6, 6.07) is 4.45. The molecule has 0 unspecified atom stereocenters. The zero-order valence-corrected chi connectivity index (χ0v) is 15.3. The van der Waals surface area contributed by atoms with Crippen molar-refractivity contribution >= 4 is 30.6 Å². The van der Waals surface area contributed by atoms with Crippen LogP contribution in [-0.4, -0.2) is 37.3 Å². The number of rotatable bonds is 7. The van der Waals surface area contributed by atoms with Crippen LogP contribution in [0, 0.1) is 0 Å². The third-order valence-corrected chi connectivity index (χ3v) is 4.40. The largest absolute Gasteiger partial charge is 0.377 e. The number of aromatic nitrogens is 1. The van der Waals surface area contributed by atoms with Crippen LogP contribution in [0.15, 0.2) is 12.1 Å². The molecule has 0 radical (unpaired) electrons. The van der Waals surface area contributed by atoms with Crippen LogP contribution in [0.2, 0.25) is 0 Å². The Balaban J connectivity index is 0.00000132. The van der Waals surface area contributed by atoms with Gasteiger partial charge in [0.25, 0.3) is 0 Å². The molecule has 23 heavy (non-hydrogen) atoms. The Labute approximate surface area is 152 Å². The third-order valence-electron chi connectivity index (χ3n) is 4.40. The highest BCUT2D eigenvalue weighted by Gasteiger charge is 2.14. The first-order chi connectivity index (χ1) is 10.4. The van der Waals surface area contributed by atoms with Gasteiger partial charge in [-0.3, -0.25) is 0 Å². The van der Waals surface area contributed by atoms with Gasteiger partial charge in [-0.15, -0.1) is 24.8 Å². The van der Waals surface area contributed by atoms with Crippen molar-refractivity contribution in [3.05, 3.63) is 23.4 Å². The van der Waals surface area contributed by atoms with Crippen LogP contribution in [-0.2, 0) is 17.6 Å². The van der Waals surface area contributed by atoms with E-state index in [0.717, 1.165) is 38.5 Å². The Morgan fingerprint density at radius 1 is 1.13 bits per heavy atom. The number of hydrogen-bond acceptors (Lipinski definition) is 4. The van der Waals surface area contributed by atoms with Crippen molar-refractivity contribution in [2.24, 2.45) is 0 Å². The number of halogens is 2. The lowest BCUT2D eigenvalue weighted by Gasteiger charge is -2.17. The first-order valence-electron chi connectivity index (χ1n) is 8.47. The molecule has 1 saturated heterocycles. The monoisotopic (exact) mass is 361 g/mol. The number of ether oxygens (including phenoxy) is 1. The summed E-state index contributed by atoms with van der Waals surface area (Å²) in [5, 5.41) is 6.74. The van der Waals surface area contributed by atoms with Crippen LogP contribution in [0.4, 0.5) is 5.82 Å². The maximum Gasteiger partial charge on any atom is 0.129 e. The summed E-state index contributed by atoms with van der Waals surface area (Å²) in [7, 11) is 0. The predicted molar refractivity (Wildman–Crippen MR) is 100 cm³/mol. The van der Waals surface area contributed by atoms with Crippen LogP contribution in [0.5, 0.6) is 0 Å². The molecule has 132 valence electrons. The lowest BCUT2D eigenvalue weighted by molar-refractivity contribution is 0.0642. The second-order valence-electron chi connectivity index (χ2n) is 6.14. The van der Waals surface area contributed by atoms with E-state index in [-0.39, 0.29) is 24.8 Å². The van der Waals surface area contributed by atoms with Crippen LogP contribution in [0.25, 0.3) is 0 Å². The molecule has 0 spiro atoms. The summed E-state index contributed by atoms with van der Waals surface area (Å²) in [6.45, 7) is 4.12. The van der Waals surface area contributed by atoms with Gasteiger partial charge in [0.1, 0.15) is 5.82 Å². The minimum absolute atomic E-state index is 0. The summed E-state index contributed by atoms with van der Waals surface area (Å²) in [6.07, 6.45) is 8.71. The van der Waals surface area contributed by atoms with Gasteiger partial charge >= 0.3 is 0 Å². The van der Waals surface area contributed by atoms with Gasteiger partial charge in [0.05, 0.1) is 6.10 Å². The normalized spacial score (nSPS) is 19.2. The molecule has 2 aliphatic heterocycles. The number of unbranched alkanes of at least 4 members (excludes halogenated alkanes) is 2. The summed E-state index contributed by atoms with van der Waals surface area (Å²) in [5.74, 6) is 1.12. The number of pyridine rings is 1. The topological polar surface area (TPSA) is 46.2 Å². The van der Waals surface area contributed by atoms with E-state index >= 15 is 0 Å². The van der Waals surface area contributed by atoms with Crippen molar-refractivity contribution in [3.63, 3.8) is 0 Å². The highest BCUT2D eigenvalue weighted by Crippen LogP contribution is 2.20. The van der Waals surface area contributed by atoms with Gasteiger partial charge in [-0.05, 0) is 56.7 Å². The van der Waals surface area contributed by atoms with Gasteiger partial charge in [-0.1, -0.05) is 12.5 Å². The maximum absolute atomic E-state index is 5.84. The minimum atomic E-state index is 0. The smallest absolute Gasteiger partial charge is 0.129 e. The van der Waals surface area contributed by atoms with E-state index in [9.17, 15) is 0 Å². The van der Waals surface area contributed by atoms with E-state index in [2.05, 4.69) is 22.8 Å². The van der Waals surface area contributed by atoms with Gasteiger partial charge in [0.2, 0.25) is 0 Å². The molecule has 0 bridgehead atoms.